The van der Waals surface area contributed by atoms with Gasteiger partial charge in [-0.2, -0.15) is 0 Å². The third-order valence-corrected chi connectivity index (χ3v) is 9.89. The zero-order valence-electron chi connectivity index (χ0n) is 28.5. The zero-order valence-corrected chi connectivity index (χ0v) is 29.3. The molecule has 0 spiro atoms. The van der Waals surface area contributed by atoms with Gasteiger partial charge in [-0.05, 0) is 87.1 Å². The Morgan fingerprint density at radius 2 is 1.38 bits per heavy atom. The van der Waals surface area contributed by atoms with Crippen LogP contribution in [0.4, 0.5) is 5.69 Å². The molecule has 0 fully saturated rings. The minimum absolute atomic E-state index is 0.0839. The van der Waals surface area contributed by atoms with E-state index in [0.717, 1.165) is 32.1 Å². The highest BCUT2D eigenvalue weighted by atomic mass is 32.2. The highest BCUT2D eigenvalue weighted by molar-refractivity contribution is 7.92. The van der Waals surface area contributed by atoms with Gasteiger partial charge in [-0.25, -0.2) is 8.42 Å². The van der Waals surface area contributed by atoms with Gasteiger partial charge in [0.05, 0.1) is 10.6 Å². The van der Waals surface area contributed by atoms with E-state index < -0.39 is 34.1 Å². The van der Waals surface area contributed by atoms with E-state index in [1.165, 1.54) is 4.90 Å². The Morgan fingerprint density at radius 3 is 1.96 bits per heavy atom. The van der Waals surface area contributed by atoms with Crippen LogP contribution in [0.5, 0.6) is 0 Å². The Balaban J connectivity index is 1.83. The first-order valence-corrected chi connectivity index (χ1v) is 17.5. The van der Waals surface area contributed by atoms with Crippen LogP contribution >= 0.6 is 0 Å². The first kappa shape index (κ1) is 35.4. The quantitative estimate of drug-likeness (QED) is 0.176. The van der Waals surface area contributed by atoms with Crippen molar-refractivity contribution in [3.63, 3.8) is 0 Å². The standard InChI is InChI=1S/C39H47N3O4S/c1-28(2)32-19-21-34(22-20-32)42(47(45,46)35-23-17-29(3)18-24-35)27-37(43)41(26-33-16-12-11-13-30(33)4)36(38(44)40-39(5,6)7)25-31-14-9-8-10-15-31/h8-24,28,36H,25-27H2,1-7H3,(H,40,44)/t36-/m1/s1. The van der Waals surface area contributed by atoms with Gasteiger partial charge in [-0.1, -0.05) is 98.3 Å². The molecule has 0 saturated carbocycles. The minimum atomic E-state index is -4.16. The number of carbonyl (C=O) groups is 2. The Hall–Kier alpha value is -4.43. The maximum absolute atomic E-state index is 14.7. The van der Waals surface area contributed by atoms with Gasteiger partial charge < -0.3 is 10.2 Å². The topological polar surface area (TPSA) is 86.8 Å². The highest BCUT2D eigenvalue weighted by Crippen LogP contribution is 2.27. The van der Waals surface area contributed by atoms with E-state index in [9.17, 15) is 18.0 Å². The van der Waals surface area contributed by atoms with E-state index >= 15 is 0 Å². The van der Waals surface area contributed by atoms with E-state index in [-0.39, 0.29) is 29.7 Å². The van der Waals surface area contributed by atoms with Crippen LogP contribution in [0.15, 0.2) is 108 Å². The average Bonchev–Trinajstić information content (AvgIpc) is 3.02. The fourth-order valence-corrected chi connectivity index (χ4v) is 6.78. The lowest BCUT2D eigenvalue weighted by Gasteiger charge is -2.35. The fourth-order valence-electron chi connectivity index (χ4n) is 5.37. The van der Waals surface area contributed by atoms with E-state index in [1.54, 1.807) is 36.4 Å². The lowest BCUT2D eigenvalue weighted by atomic mass is 10.00. The Bertz CT molecular complexity index is 1760. The zero-order chi connectivity index (χ0) is 34.4. The molecule has 4 aromatic carbocycles. The molecule has 4 rings (SSSR count). The second-order valence-electron chi connectivity index (χ2n) is 13.5. The molecule has 0 unspecified atom stereocenters. The molecule has 47 heavy (non-hydrogen) atoms. The second-order valence-corrected chi connectivity index (χ2v) is 15.3. The summed E-state index contributed by atoms with van der Waals surface area (Å²) in [6.45, 7) is 13.3. The number of hydrogen-bond donors (Lipinski definition) is 1. The maximum Gasteiger partial charge on any atom is 0.264 e. The predicted molar refractivity (Wildman–Crippen MR) is 190 cm³/mol. The number of hydrogen-bond acceptors (Lipinski definition) is 4. The molecule has 0 aliphatic heterocycles. The van der Waals surface area contributed by atoms with Crippen LogP contribution in [0.2, 0.25) is 0 Å². The number of benzene rings is 4. The predicted octanol–water partition coefficient (Wildman–Crippen LogP) is 7.18. The van der Waals surface area contributed by atoms with E-state index in [2.05, 4.69) is 19.2 Å². The number of sulfonamides is 1. The molecular formula is C39H47N3O4S. The number of rotatable bonds is 12. The normalized spacial score (nSPS) is 12.4. The highest BCUT2D eigenvalue weighted by Gasteiger charge is 2.35. The van der Waals surface area contributed by atoms with Gasteiger partial charge >= 0.3 is 0 Å². The van der Waals surface area contributed by atoms with E-state index in [0.29, 0.717) is 5.69 Å². The lowest BCUT2D eigenvalue weighted by molar-refractivity contribution is -0.140. The van der Waals surface area contributed by atoms with Gasteiger partial charge in [0.2, 0.25) is 11.8 Å². The summed E-state index contributed by atoms with van der Waals surface area (Å²) >= 11 is 0. The average molecular weight is 654 g/mol. The molecule has 1 atom stereocenters. The second kappa shape index (κ2) is 15.0. The van der Waals surface area contributed by atoms with Gasteiger partial charge in [-0.3, -0.25) is 13.9 Å². The molecule has 0 heterocycles. The van der Waals surface area contributed by atoms with Crippen molar-refractivity contribution in [3.05, 3.63) is 131 Å². The van der Waals surface area contributed by atoms with Crippen molar-refractivity contribution in [3.8, 4) is 0 Å². The van der Waals surface area contributed by atoms with Gasteiger partial charge in [0.25, 0.3) is 10.0 Å². The minimum Gasteiger partial charge on any atom is -0.350 e. The van der Waals surface area contributed by atoms with Crippen LogP contribution in [-0.4, -0.2) is 43.3 Å². The Labute approximate surface area is 280 Å². The Kier molecular flexibility index (Phi) is 11.3. The third kappa shape index (κ3) is 9.32. The first-order chi connectivity index (χ1) is 22.2. The molecule has 0 bridgehead atoms. The summed E-state index contributed by atoms with van der Waals surface area (Å²) < 4.78 is 29.7. The third-order valence-electron chi connectivity index (χ3n) is 8.11. The van der Waals surface area contributed by atoms with Crippen molar-refractivity contribution in [1.29, 1.82) is 0 Å². The molecule has 4 aromatic rings. The van der Waals surface area contributed by atoms with Gasteiger partial charge in [0.15, 0.2) is 0 Å². The smallest absolute Gasteiger partial charge is 0.264 e. The van der Waals surface area contributed by atoms with E-state index in [1.807, 2.05) is 101 Å². The van der Waals surface area contributed by atoms with Gasteiger partial charge in [-0.15, -0.1) is 0 Å². The van der Waals surface area contributed by atoms with Crippen molar-refractivity contribution in [1.82, 2.24) is 10.2 Å². The van der Waals surface area contributed by atoms with Gasteiger partial charge in [0.1, 0.15) is 12.6 Å². The van der Waals surface area contributed by atoms with Crippen molar-refractivity contribution < 1.29 is 18.0 Å². The maximum atomic E-state index is 14.7. The van der Waals surface area contributed by atoms with Crippen LogP contribution in [0.1, 0.15) is 68.4 Å². The Morgan fingerprint density at radius 1 is 0.787 bits per heavy atom. The summed E-state index contributed by atoms with van der Waals surface area (Å²) in [5, 5.41) is 3.07. The SMILES string of the molecule is Cc1ccc(S(=O)(=O)N(CC(=O)N(Cc2ccccc2C)[C@H](Cc2ccccc2)C(=O)NC(C)(C)C)c2ccc(C(C)C)cc2)cc1. The van der Waals surface area contributed by atoms with Crippen LogP contribution in [0.25, 0.3) is 0 Å². The molecular weight excluding hydrogens is 607 g/mol. The molecule has 1 N–H and O–H groups in total. The first-order valence-electron chi connectivity index (χ1n) is 16.0. The molecule has 0 saturated heterocycles. The monoisotopic (exact) mass is 653 g/mol. The van der Waals surface area contributed by atoms with Crippen molar-refractivity contribution in [2.24, 2.45) is 0 Å². The number of carbonyl (C=O) groups excluding carboxylic acids is 2. The molecule has 0 radical (unpaired) electrons. The van der Waals surface area contributed by atoms with Crippen molar-refractivity contribution >= 4 is 27.5 Å². The molecule has 248 valence electrons. The van der Waals surface area contributed by atoms with Crippen LogP contribution in [0, 0.1) is 13.8 Å². The summed E-state index contributed by atoms with van der Waals surface area (Å²) in [7, 11) is -4.16. The van der Waals surface area contributed by atoms with E-state index in [4.69, 9.17) is 0 Å². The molecule has 8 heteroatoms. The number of anilines is 1. The van der Waals surface area contributed by atoms with Crippen LogP contribution in [0.3, 0.4) is 0 Å². The molecule has 7 nitrogen and oxygen atoms in total. The number of nitrogens with zero attached hydrogens (tertiary/aromatic N) is 2. The van der Waals surface area contributed by atoms with Gasteiger partial charge in [0, 0.05) is 18.5 Å². The number of aryl methyl sites for hydroxylation is 2. The number of nitrogens with one attached hydrogen (secondary N) is 1. The molecule has 2 amide bonds. The molecule has 0 aromatic heterocycles. The number of amides is 2. The summed E-state index contributed by atoms with van der Waals surface area (Å²) in [6.07, 6.45) is 0.258. The van der Waals surface area contributed by atoms with Crippen molar-refractivity contribution in [2.75, 3.05) is 10.8 Å². The van der Waals surface area contributed by atoms with Crippen LogP contribution < -0.4 is 9.62 Å². The summed E-state index contributed by atoms with van der Waals surface area (Å²) in [5.41, 5.74) is 4.52. The summed E-state index contributed by atoms with van der Waals surface area (Å²) in [5.74, 6) is -0.545. The molecule has 0 aliphatic rings. The molecule has 0 aliphatic carbocycles. The summed E-state index contributed by atoms with van der Waals surface area (Å²) in [4.78, 5) is 30.4. The largest absolute Gasteiger partial charge is 0.350 e. The fraction of sp³-hybridized carbons (Fsp3) is 0.333. The lowest BCUT2D eigenvalue weighted by Crippen LogP contribution is -2.56. The van der Waals surface area contributed by atoms with Crippen LogP contribution in [-0.2, 0) is 32.6 Å². The summed E-state index contributed by atoms with van der Waals surface area (Å²) in [6, 6.07) is 30.3. The van der Waals surface area contributed by atoms with Crippen molar-refractivity contribution in [2.45, 2.75) is 83.8 Å².